The number of anilines is 1. The van der Waals surface area contributed by atoms with E-state index in [1.54, 1.807) is 18.0 Å². The predicted octanol–water partition coefficient (Wildman–Crippen LogP) is 4.19. The number of carbonyl (C=O) groups is 2. The van der Waals surface area contributed by atoms with Crippen molar-refractivity contribution in [2.45, 2.75) is 41.0 Å². The van der Waals surface area contributed by atoms with Crippen molar-refractivity contribution in [1.82, 2.24) is 4.98 Å². The molecule has 0 atom stereocenters. The smallest absolute Gasteiger partial charge is 0.227 e. The lowest BCUT2D eigenvalue weighted by Gasteiger charge is -2.18. The summed E-state index contributed by atoms with van der Waals surface area (Å²) in [7, 11) is 1.76. The van der Waals surface area contributed by atoms with Gasteiger partial charge in [0.15, 0.2) is 0 Å². The first-order chi connectivity index (χ1) is 10.5. The first kappa shape index (κ1) is 22.1. The Morgan fingerprint density at radius 3 is 2.32 bits per heavy atom. The summed E-state index contributed by atoms with van der Waals surface area (Å²) in [6.45, 7) is 15.5. The van der Waals surface area contributed by atoms with E-state index in [1.807, 2.05) is 59.6 Å². The van der Waals surface area contributed by atoms with Crippen LogP contribution in [0.5, 0.6) is 0 Å². The largest absolute Gasteiger partial charge is 0.307 e. The van der Waals surface area contributed by atoms with Crippen LogP contribution in [0.3, 0.4) is 0 Å². The van der Waals surface area contributed by atoms with E-state index < -0.39 is 0 Å². The van der Waals surface area contributed by atoms with Gasteiger partial charge in [-0.1, -0.05) is 45.6 Å². The summed E-state index contributed by atoms with van der Waals surface area (Å²) in [6.07, 6.45) is 4.11. The molecule has 1 rings (SSSR count). The van der Waals surface area contributed by atoms with Crippen molar-refractivity contribution in [3.05, 3.63) is 42.1 Å². The Kier molecular flexibility index (Phi) is 12.5. The standard InChI is InChI=1S/C15H20N2O.C2H6.CH2O/c1-6-8-11(3)13-10-9-12(4)15(16-13)17(5)14(18)7-2;2*1-2/h6,8-10H,1,7H2,2-5H3;1-2H3;1H2/b11-8+;;. The number of allylic oxidation sites excluding steroid dienone is 3. The maximum atomic E-state index is 11.7. The molecule has 0 bridgehead atoms. The average Bonchev–Trinajstić information content (AvgIpc) is 2.57. The molecule has 122 valence electrons. The molecule has 0 unspecified atom stereocenters. The van der Waals surface area contributed by atoms with E-state index in [0.717, 1.165) is 22.6 Å². The molecule has 4 nitrogen and oxygen atoms in total. The van der Waals surface area contributed by atoms with Gasteiger partial charge >= 0.3 is 0 Å². The molecule has 0 aliphatic rings. The monoisotopic (exact) mass is 304 g/mol. The highest BCUT2D eigenvalue weighted by Crippen LogP contribution is 2.21. The van der Waals surface area contributed by atoms with Crippen molar-refractivity contribution >= 4 is 24.1 Å². The van der Waals surface area contributed by atoms with Gasteiger partial charge in [-0.15, -0.1) is 0 Å². The lowest BCUT2D eigenvalue weighted by atomic mass is 10.1. The molecule has 0 aromatic carbocycles. The second kappa shape index (κ2) is 12.5. The molecule has 4 heteroatoms. The molecule has 0 aliphatic carbocycles. The third-order valence-electron chi connectivity index (χ3n) is 2.84. The fraction of sp³-hybridized carbons (Fsp3) is 0.389. The normalized spacial score (nSPS) is 9.64. The molecule has 0 saturated carbocycles. The second-order valence-electron chi connectivity index (χ2n) is 4.23. The van der Waals surface area contributed by atoms with Crippen LogP contribution in [0.25, 0.3) is 5.57 Å². The zero-order valence-electron chi connectivity index (χ0n) is 14.6. The highest BCUT2D eigenvalue weighted by Gasteiger charge is 2.13. The van der Waals surface area contributed by atoms with Crippen LogP contribution in [-0.4, -0.2) is 24.7 Å². The van der Waals surface area contributed by atoms with Gasteiger partial charge in [-0.2, -0.15) is 0 Å². The maximum absolute atomic E-state index is 11.7. The van der Waals surface area contributed by atoms with E-state index in [9.17, 15) is 4.79 Å². The van der Waals surface area contributed by atoms with Crippen LogP contribution < -0.4 is 4.90 Å². The molecule has 0 fully saturated rings. The van der Waals surface area contributed by atoms with E-state index in [2.05, 4.69) is 11.6 Å². The topological polar surface area (TPSA) is 50.3 Å². The predicted molar refractivity (Wildman–Crippen MR) is 95.0 cm³/mol. The van der Waals surface area contributed by atoms with Gasteiger partial charge in [0.2, 0.25) is 5.91 Å². The fourth-order valence-corrected chi connectivity index (χ4v) is 1.69. The SMILES string of the molecule is C=C/C=C(\C)c1ccc(C)c(N(C)C(=O)CC)n1.C=O.CC. The Bertz CT molecular complexity index is 508. The van der Waals surface area contributed by atoms with Crippen LogP contribution in [0, 0.1) is 6.92 Å². The zero-order chi connectivity index (χ0) is 17.7. The quantitative estimate of drug-likeness (QED) is 0.784. The van der Waals surface area contributed by atoms with E-state index in [4.69, 9.17) is 4.79 Å². The second-order valence-corrected chi connectivity index (χ2v) is 4.23. The Labute approximate surface area is 134 Å². The minimum absolute atomic E-state index is 0.0631. The summed E-state index contributed by atoms with van der Waals surface area (Å²) in [5.41, 5.74) is 2.89. The number of carbonyl (C=O) groups excluding carboxylic acids is 2. The molecule has 0 radical (unpaired) electrons. The molecule has 1 aromatic heterocycles. The summed E-state index contributed by atoms with van der Waals surface area (Å²) in [5.74, 6) is 0.782. The van der Waals surface area contributed by atoms with Crippen LogP contribution in [0.4, 0.5) is 5.82 Å². The molecular formula is C18H28N2O2. The minimum atomic E-state index is 0.0631. The molecule has 22 heavy (non-hydrogen) atoms. The summed E-state index contributed by atoms with van der Waals surface area (Å²) in [6, 6.07) is 3.94. The van der Waals surface area contributed by atoms with Crippen molar-refractivity contribution < 1.29 is 9.59 Å². The number of hydrogen-bond acceptors (Lipinski definition) is 3. The number of amides is 1. The average molecular weight is 304 g/mol. The van der Waals surface area contributed by atoms with Crippen LogP contribution in [0.15, 0.2) is 30.9 Å². The van der Waals surface area contributed by atoms with Crippen molar-refractivity contribution in [2.75, 3.05) is 11.9 Å². The number of aryl methyl sites for hydroxylation is 1. The molecular weight excluding hydrogens is 276 g/mol. The van der Waals surface area contributed by atoms with E-state index >= 15 is 0 Å². The van der Waals surface area contributed by atoms with Gasteiger partial charge in [-0.05, 0) is 31.1 Å². The number of pyridine rings is 1. The third-order valence-corrected chi connectivity index (χ3v) is 2.84. The Balaban J connectivity index is 0. The third kappa shape index (κ3) is 6.48. The lowest BCUT2D eigenvalue weighted by Crippen LogP contribution is -2.27. The van der Waals surface area contributed by atoms with Crippen LogP contribution >= 0.6 is 0 Å². The Morgan fingerprint density at radius 2 is 1.86 bits per heavy atom. The van der Waals surface area contributed by atoms with Crippen molar-refractivity contribution in [3.63, 3.8) is 0 Å². The van der Waals surface area contributed by atoms with Crippen molar-refractivity contribution in [2.24, 2.45) is 0 Å². The molecule has 1 heterocycles. The van der Waals surface area contributed by atoms with Crippen LogP contribution in [0.1, 0.15) is 45.4 Å². The van der Waals surface area contributed by atoms with Gasteiger partial charge in [-0.3, -0.25) is 9.69 Å². The van der Waals surface area contributed by atoms with Crippen LogP contribution in [-0.2, 0) is 9.59 Å². The van der Waals surface area contributed by atoms with Gasteiger partial charge < -0.3 is 4.79 Å². The molecule has 0 saturated heterocycles. The Morgan fingerprint density at radius 1 is 1.32 bits per heavy atom. The summed E-state index contributed by atoms with van der Waals surface area (Å²) < 4.78 is 0. The van der Waals surface area contributed by atoms with Gasteiger partial charge in [0, 0.05) is 13.5 Å². The van der Waals surface area contributed by atoms with Gasteiger partial charge in [0.05, 0.1) is 5.69 Å². The van der Waals surface area contributed by atoms with Gasteiger partial charge in [0.25, 0.3) is 0 Å². The minimum Gasteiger partial charge on any atom is -0.307 e. The molecule has 0 spiro atoms. The summed E-state index contributed by atoms with van der Waals surface area (Å²) in [5, 5.41) is 0. The number of nitrogens with zero attached hydrogens (tertiary/aromatic N) is 2. The zero-order valence-corrected chi connectivity index (χ0v) is 14.6. The number of rotatable bonds is 4. The molecule has 1 aromatic rings. The molecule has 0 N–H and O–H groups in total. The summed E-state index contributed by atoms with van der Waals surface area (Å²) >= 11 is 0. The molecule has 1 amide bonds. The van der Waals surface area contributed by atoms with Crippen molar-refractivity contribution in [3.8, 4) is 0 Å². The van der Waals surface area contributed by atoms with E-state index in [1.165, 1.54) is 0 Å². The first-order valence-electron chi connectivity index (χ1n) is 7.34. The first-order valence-corrected chi connectivity index (χ1v) is 7.34. The highest BCUT2D eigenvalue weighted by molar-refractivity contribution is 5.92. The van der Waals surface area contributed by atoms with Gasteiger partial charge in [0.1, 0.15) is 12.6 Å². The van der Waals surface area contributed by atoms with E-state index in [-0.39, 0.29) is 5.91 Å². The van der Waals surface area contributed by atoms with Crippen LogP contribution in [0.2, 0.25) is 0 Å². The molecule has 0 aliphatic heterocycles. The van der Waals surface area contributed by atoms with Gasteiger partial charge in [-0.25, -0.2) is 4.98 Å². The van der Waals surface area contributed by atoms with E-state index in [0.29, 0.717) is 6.42 Å². The summed E-state index contributed by atoms with van der Waals surface area (Å²) in [4.78, 5) is 25.9. The van der Waals surface area contributed by atoms with Crippen molar-refractivity contribution in [1.29, 1.82) is 0 Å². The fourth-order valence-electron chi connectivity index (χ4n) is 1.69. The lowest BCUT2D eigenvalue weighted by molar-refractivity contribution is -0.118. The number of hydrogen-bond donors (Lipinski definition) is 0. The Hall–Kier alpha value is -2.23. The number of aromatic nitrogens is 1. The highest BCUT2D eigenvalue weighted by atomic mass is 16.2. The maximum Gasteiger partial charge on any atom is 0.227 e.